The third-order valence-corrected chi connectivity index (χ3v) is 16.9. The van der Waals surface area contributed by atoms with Gasteiger partial charge in [0.05, 0.1) is 0 Å². The summed E-state index contributed by atoms with van der Waals surface area (Å²) in [5, 5.41) is 0. The second-order valence-electron chi connectivity index (χ2n) is 6.76. The Morgan fingerprint density at radius 2 is 0.769 bits per heavy atom. The van der Waals surface area contributed by atoms with Crippen LogP contribution in [0.3, 0.4) is 0 Å². The highest BCUT2D eigenvalue weighted by Crippen LogP contribution is 2.39. The van der Waals surface area contributed by atoms with Gasteiger partial charge in [0.2, 0.25) is 11.2 Å². The molecule has 0 fully saturated rings. The highest BCUT2D eigenvalue weighted by Gasteiger charge is 2.38. The first-order valence-electron chi connectivity index (χ1n) is 8.81. The van der Waals surface area contributed by atoms with E-state index in [0.717, 1.165) is 0 Å². The Labute approximate surface area is 172 Å². The molecule has 10 heteroatoms. The van der Waals surface area contributed by atoms with Crippen LogP contribution in [-0.2, 0) is 28.4 Å². The first kappa shape index (κ1) is 26.9. The Morgan fingerprint density at radius 3 is 0.923 bits per heavy atom. The van der Waals surface area contributed by atoms with Crippen molar-refractivity contribution in [2.75, 3.05) is 42.7 Å². The summed E-state index contributed by atoms with van der Waals surface area (Å²) < 4.78 is 33.3. The second-order valence-corrected chi connectivity index (χ2v) is 15.0. The molecule has 6 nitrogen and oxygen atoms in total. The predicted octanol–water partition coefficient (Wildman–Crippen LogP) is 1.77. The molecule has 0 heterocycles. The van der Waals surface area contributed by atoms with E-state index >= 15 is 0 Å². The van der Waals surface area contributed by atoms with Crippen molar-refractivity contribution >= 4 is 40.6 Å². The summed E-state index contributed by atoms with van der Waals surface area (Å²) in [6.07, 6.45) is 0. The van der Waals surface area contributed by atoms with Crippen molar-refractivity contribution in [3.05, 3.63) is 0 Å². The van der Waals surface area contributed by atoms with Gasteiger partial charge in [-0.25, -0.2) is 0 Å². The molecule has 0 amide bonds. The van der Waals surface area contributed by atoms with Crippen LogP contribution in [0.25, 0.3) is 0 Å². The summed E-state index contributed by atoms with van der Waals surface area (Å²) in [4.78, 5) is 0.884. The van der Waals surface area contributed by atoms with E-state index < -0.39 is 30.2 Å². The lowest BCUT2D eigenvalue weighted by Gasteiger charge is -2.35. The number of rotatable bonds is 15. The Bertz CT molecular complexity index is 318. The molecule has 0 saturated heterocycles. The number of methoxy groups -OCH3 is 6. The molecule has 0 aromatic rings. The number of hydrogen-bond donors (Lipinski definition) is 0. The quantitative estimate of drug-likeness (QED) is 0.214. The second kappa shape index (κ2) is 13.2. The maximum Gasteiger partial charge on any atom is 0.249 e. The molecule has 158 valence electrons. The van der Waals surface area contributed by atoms with Crippen LogP contribution in [0.1, 0.15) is 27.7 Å². The Morgan fingerprint density at radius 1 is 0.538 bits per heavy atom. The largest absolute Gasteiger partial charge is 0.335 e. The Kier molecular flexibility index (Phi) is 13.6. The Balaban J connectivity index is 5.11. The SMILES string of the molecule is COC(OC)(OC)[SiH2]C(SSC([SiH2]C(OC)(OC)OC)C(C)C)C(C)C. The molecule has 0 saturated carbocycles. The van der Waals surface area contributed by atoms with Crippen LogP contribution in [0, 0.1) is 11.8 Å². The number of ether oxygens (including phenoxy) is 6. The van der Waals surface area contributed by atoms with Crippen LogP contribution in [0.5, 0.6) is 0 Å². The smallest absolute Gasteiger partial charge is 0.249 e. The zero-order valence-corrected chi connectivity index (χ0v) is 22.5. The molecule has 0 spiro atoms. The lowest BCUT2D eigenvalue weighted by Crippen LogP contribution is -2.49. The molecule has 0 rings (SSSR count). The molecule has 0 N–H and O–H groups in total. The molecule has 0 radical (unpaired) electrons. The van der Waals surface area contributed by atoms with E-state index in [0.29, 0.717) is 21.6 Å². The molecule has 0 aliphatic rings. The van der Waals surface area contributed by atoms with Gasteiger partial charge in [0.1, 0.15) is 19.0 Å². The summed E-state index contributed by atoms with van der Waals surface area (Å²) in [5.74, 6) is 1.01. The molecule has 0 aliphatic carbocycles. The number of hydrogen-bond acceptors (Lipinski definition) is 8. The van der Waals surface area contributed by atoms with Crippen molar-refractivity contribution in [1.82, 2.24) is 0 Å². The van der Waals surface area contributed by atoms with Gasteiger partial charge in [-0.05, 0) is 11.8 Å². The van der Waals surface area contributed by atoms with E-state index in [4.69, 9.17) is 28.4 Å². The van der Waals surface area contributed by atoms with Gasteiger partial charge in [-0.3, -0.25) is 0 Å². The van der Waals surface area contributed by atoms with Gasteiger partial charge in [-0.15, -0.1) is 0 Å². The molecule has 0 aromatic heterocycles. The van der Waals surface area contributed by atoms with Gasteiger partial charge in [-0.2, -0.15) is 0 Å². The zero-order valence-electron chi connectivity index (χ0n) is 18.0. The maximum atomic E-state index is 5.55. The van der Waals surface area contributed by atoms with Crippen molar-refractivity contribution in [2.45, 2.75) is 48.6 Å². The Hall–Kier alpha value is 0.894. The van der Waals surface area contributed by atoms with Crippen LogP contribution < -0.4 is 0 Å². The van der Waals surface area contributed by atoms with Gasteiger partial charge >= 0.3 is 0 Å². The highest BCUT2D eigenvalue weighted by atomic mass is 33.1. The molecule has 26 heavy (non-hydrogen) atoms. The van der Waals surface area contributed by atoms with Gasteiger partial charge in [0.25, 0.3) is 0 Å². The van der Waals surface area contributed by atoms with Crippen molar-refractivity contribution in [3.8, 4) is 0 Å². The van der Waals surface area contributed by atoms with Gasteiger partial charge in [-0.1, -0.05) is 49.3 Å². The highest BCUT2D eigenvalue weighted by molar-refractivity contribution is 8.77. The molecule has 2 unspecified atom stereocenters. The average Bonchev–Trinajstić information content (AvgIpc) is 2.65. The molecular formula is C16H38O6S2Si2. The maximum absolute atomic E-state index is 5.55. The minimum atomic E-state index is -0.872. The summed E-state index contributed by atoms with van der Waals surface area (Å²) >= 11 is 0. The lowest BCUT2D eigenvalue weighted by atomic mass is 10.3. The van der Waals surface area contributed by atoms with Crippen LogP contribution in [-0.4, -0.2) is 82.6 Å². The van der Waals surface area contributed by atoms with Gasteiger partial charge in [0, 0.05) is 52.4 Å². The van der Waals surface area contributed by atoms with Gasteiger partial charge in [0.15, 0.2) is 0 Å². The lowest BCUT2D eigenvalue weighted by molar-refractivity contribution is -0.295. The standard InChI is InChI=1S/C16H38O6S2Si2/c1-11(2)13(25-15(17-5,18-6)19-7)23-24-14(12(3)4)26-16(20-8,21-9)22-10/h11-14H,25-26H2,1-10H3. The molecule has 0 aliphatic heterocycles. The third kappa shape index (κ3) is 8.10. The van der Waals surface area contributed by atoms with Crippen LogP contribution in [0.2, 0.25) is 0 Å². The summed E-state index contributed by atoms with van der Waals surface area (Å²) in [6, 6.07) is 0. The van der Waals surface area contributed by atoms with Crippen molar-refractivity contribution in [3.63, 3.8) is 0 Å². The van der Waals surface area contributed by atoms with Crippen molar-refractivity contribution in [1.29, 1.82) is 0 Å². The fourth-order valence-electron chi connectivity index (χ4n) is 2.40. The molecular weight excluding hydrogens is 408 g/mol. The zero-order chi connectivity index (χ0) is 20.4. The summed E-state index contributed by atoms with van der Waals surface area (Å²) in [7, 11) is 12.0. The fraction of sp³-hybridized carbons (Fsp3) is 1.00. The van der Waals surface area contributed by atoms with E-state index in [1.807, 2.05) is 21.6 Å². The average molecular weight is 447 g/mol. The first-order valence-corrected chi connectivity index (χ1v) is 14.1. The van der Waals surface area contributed by atoms with Crippen molar-refractivity contribution < 1.29 is 28.4 Å². The van der Waals surface area contributed by atoms with E-state index in [-0.39, 0.29) is 0 Å². The molecule has 0 bridgehead atoms. The molecule has 2 atom stereocenters. The monoisotopic (exact) mass is 446 g/mol. The predicted molar refractivity (Wildman–Crippen MR) is 117 cm³/mol. The van der Waals surface area contributed by atoms with E-state index in [1.165, 1.54) is 0 Å². The molecule has 0 aromatic carbocycles. The summed E-state index contributed by atoms with van der Waals surface area (Å²) in [6.45, 7) is 8.95. The third-order valence-electron chi connectivity index (χ3n) is 4.56. The van der Waals surface area contributed by atoms with Gasteiger partial charge < -0.3 is 28.4 Å². The van der Waals surface area contributed by atoms with E-state index in [9.17, 15) is 0 Å². The van der Waals surface area contributed by atoms with E-state index in [2.05, 4.69) is 27.7 Å². The van der Waals surface area contributed by atoms with Crippen molar-refractivity contribution in [2.24, 2.45) is 11.8 Å². The minimum absolute atomic E-state index is 0.442. The van der Waals surface area contributed by atoms with Crippen LogP contribution >= 0.6 is 21.6 Å². The first-order chi connectivity index (χ1) is 12.2. The van der Waals surface area contributed by atoms with Crippen LogP contribution in [0.4, 0.5) is 0 Å². The van der Waals surface area contributed by atoms with Crippen LogP contribution in [0.15, 0.2) is 0 Å². The summed E-state index contributed by atoms with van der Waals surface area (Å²) in [5.41, 5.74) is -1.74. The topological polar surface area (TPSA) is 55.4 Å². The normalized spacial score (nSPS) is 16.6. The fourth-order valence-corrected chi connectivity index (χ4v) is 12.7. The minimum Gasteiger partial charge on any atom is -0.335 e. The van der Waals surface area contributed by atoms with E-state index in [1.54, 1.807) is 42.7 Å².